The van der Waals surface area contributed by atoms with Crippen LogP contribution in [-0.2, 0) is 11.3 Å². The second-order valence-electron chi connectivity index (χ2n) is 8.04. The number of aromatic amines is 2. The molecule has 0 saturated carbocycles. The second kappa shape index (κ2) is 11.2. The maximum absolute atomic E-state index is 13.8. The third-order valence-corrected chi connectivity index (χ3v) is 5.54. The molecule has 37 heavy (non-hydrogen) atoms. The first kappa shape index (κ1) is 25.1. The van der Waals surface area contributed by atoms with Gasteiger partial charge in [0, 0.05) is 24.4 Å². The zero-order valence-electron chi connectivity index (χ0n) is 19.7. The second-order valence-corrected chi connectivity index (χ2v) is 8.04. The zero-order valence-corrected chi connectivity index (χ0v) is 19.7. The standard InChI is InChI=1S/C27H23FN4O5/c1-37-21-9-5-8-20(14-21)32(26(35)22-15-23(33)31-27(36)30-22)24(18-10-12-19(28)13-11-18)25(34)29-16-17-6-3-2-4-7-17/h2-15,24H,16H2,1H3,(H,29,34)(H2,30,31,33,36). The number of aromatic nitrogens is 2. The molecule has 1 aromatic heterocycles. The minimum atomic E-state index is -1.30. The Bertz CT molecular complexity index is 1490. The predicted molar refractivity (Wildman–Crippen MR) is 135 cm³/mol. The summed E-state index contributed by atoms with van der Waals surface area (Å²) < 4.78 is 19.1. The lowest BCUT2D eigenvalue weighted by atomic mass is 10.0. The molecule has 2 amide bonds. The van der Waals surface area contributed by atoms with Gasteiger partial charge >= 0.3 is 5.69 Å². The first-order valence-electron chi connectivity index (χ1n) is 11.2. The van der Waals surface area contributed by atoms with Crippen molar-refractivity contribution < 1.29 is 18.7 Å². The Morgan fingerprint density at radius 3 is 2.35 bits per heavy atom. The highest BCUT2D eigenvalue weighted by atomic mass is 19.1. The van der Waals surface area contributed by atoms with E-state index in [9.17, 15) is 23.6 Å². The summed E-state index contributed by atoms with van der Waals surface area (Å²) in [5.41, 5.74) is -0.630. The van der Waals surface area contributed by atoms with Crippen molar-refractivity contribution >= 4 is 17.5 Å². The average Bonchev–Trinajstić information content (AvgIpc) is 2.90. The van der Waals surface area contributed by atoms with Gasteiger partial charge in [0.05, 0.1) is 7.11 Å². The fraction of sp³-hybridized carbons (Fsp3) is 0.111. The van der Waals surface area contributed by atoms with E-state index in [4.69, 9.17) is 4.74 Å². The Balaban J connectivity index is 1.85. The molecule has 4 aromatic rings. The number of carbonyl (C=O) groups is 2. The zero-order chi connectivity index (χ0) is 26.4. The summed E-state index contributed by atoms with van der Waals surface area (Å²) in [5.74, 6) is -1.53. The van der Waals surface area contributed by atoms with Crippen LogP contribution in [0.5, 0.6) is 5.75 Å². The van der Waals surface area contributed by atoms with Gasteiger partial charge < -0.3 is 15.0 Å². The highest BCUT2D eigenvalue weighted by molar-refractivity contribution is 6.09. The first-order valence-corrected chi connectivity index (χ1v) is 11.2. The SMILES string of the molecule is COc1cccc(N(C(=O)c2cc(=O)[nH]c(=O)[nH]2)C(C(=O)NCc2ccccc2)c2ccc(F)cc2)c1. The Hall–Kier alpha value is -4.99. The van der Waals surface area contributed by atoms with Gasteiger partial charge in [0.1, 0.15) is 23.3 Å². The van der Waals surface area contributed by atoms with Gasteiger partial charge in [-0.05, 0) is 35.4 Å². The Morgan fingerprint density at radius 2 is 1.68 bits per heavy atom. The number of rotatable bonds is 8. The molecule has 4 rings (SSSR count). The molecule has 188 valence electrons. The van der Waals surface area contributed by atoms with Crippen molar-refractivity contribution in [2.45, 2.75) is 12.6 Å². The van der Waals surface area contributed by atoms with E-state index in [1.807, 2.05) is 35.3 Å². The van der Waals surface area contributed by atoms with Crippen LogP contribution in [0.25, 0.3) is 0 Å². The van der Waals surface area contributed by atoms with E-state index in [0.29, 0.717) is 11.3 Å². The molecule has 0 aliphatic carbocycles. The van der Waals surface area contributed by atoms with Gasteiger partial charge in [0.25, 0.3) is 11.5 Å². The monoisotopic (exact) mass is 502 g/mol. The van der Waals surface area contributed by atoms with Crippen LogP contribution >= 0.6 is 0 Å². The van der Waals surface area contributed by atoms with Crippen molar-refractivity contribution in [3.63, 3.8) is 0 Å². The molecule has 1 unspecified atom stereocenters. The largest absolute Gasteiger partial charge is 0.497 e. The van der Waals surface area contributed by atoms with E-state index in [0.717, 1.165) is 16.5 Å². The molecule has 1 atom stereocenters. The molecule has 0 fully saturated rings. The Kier molecular flexibility index (Phi) is 7.58. The van der Waals surface area contributed by atoms with Crippen molar-refractivity contribution in [2.24, 2.45) is 0 Å². The quantitative estimate of drug-likeness (QED) is 0.342. The van der Waals surface area contributed by atoms with Crippen LogP contribution in [-0.4, -0.2) is 28.9 Å². The summed E-state index contributed by atoms with van der Waals surface area (Å²) in [6.07, 6.45) is 0. The van der Waals surface area contributed by atoms with Crippen molar-refractivity contribution in [3.05, 3.63) is 128 Å². The van der Waals surface area contributed by atoms with Crippen LogP contribution in [0.1, 0.15) is 27.7 Å². The Morgan fingerprint density at radius 1 is 0.946 bits per heavy atom. The van der Waals surface area contributed by atoms with Crippen LogP contribution < -0.4 is 26.2 Å². The van der Waals surface area contributed by atoms with Gasteiger partial charge in [0.2, 0.25) is 5.91 Å². The van der Waals surface area contributed by atoms with Gasteiger partial charge in [-0.15, -0.1) is 0 Å². The van der Waals surface area contributed by atoms with Crippen molar-refractivity contribution in [2.75, 3.05) is 12.0 Å². The van der Waals surface area contributed by atoms with Crippen LogP contribution in [0.15, 0.2) is 94.5 Å². The van der Waals surface area contributed by atoms with Crippen LogP contribution in [0.2, 0.25) is 0 Å². The van der Waals surface area contributed by atoms with E-state index in [-0.39, 0.29) is 17.9 Å². The van der Waals surface area contributed by atoms with Gasteiger partial charge in [-0.1, -0.05) is 48.5 Å². The van der Waals surface area contributed by atoms with Gasteiger partial charge in [-0.25, -0.2) is 9.18 Å². The van der Waals surface area contributed by atoms with Crippen LogP contribution in [0.3, 0.4) is 0 Å². The molecule has 0 radical (unpaired) electrons. The van der Waals surface area contributed by atoms with Gasteiger partial charge in [0.15, 0.2) is 0 Å². The lowest BCUT2D eigenvalue weighted by molar-refractivity contribution is -0.122. The molecule has 0 aliphatic rings. The summed E-state index contributed by atoms with van der Waals surface area (Å²) in [4.78, 5) is 56.8. The number of amides is 2. The summed E-state index contributed by atoms with van der Waals surface area (Å²) in [6.45, 7) is 0.166. The molecule has 0 bridgehead atoms. The molecule has 0 spiro atoms. The normalized spacial score (nSPS) is 11.4. The van der Waals surface area contributed by atoms with Crippen molar-refractivity contribution in [1.82, 2.24) is 15.3 Å². The molecule has 10 heteroatoms. The van der Waals surface area contributed by atoms with Gasteiger partial charge in [-0.3, -0.25) is 24.3 Å². The smallest absolute Gasteiger partial charge is 0.326 e. The molecule has 0 aliphatic heterocycles. The van der Waals surface area contributed by atoms with E-state index >= 15 is 0 Å². The molecular weight excluding hydrogens is 479 g/mol. The van der Waals surface area contributed by atoms with E-state index < -0.39 is 34.9 Å². The number of halogens is 1. The number of hydrogen-bond donors (Lipinski definition) is 3. The minimum Gasteiger partial charge on any atom is -0.497 e. The fourth-order valence-electron chi connectivity index (χ4n) is 3.80. The third kappa shape index (κ3) is 5.99. The number of ether oxygens (including phenoxy) is 1. The predicted octanol–water partition coefficient (Wildman–Crippen LogP) is 2.92. The van der Waals surface area contributed by atoms with E-state index in [1.165, 1.54) is 37.4 Å². The average molecular weight is 503 g/mol. The minimum absolute atomic E-state index is 0.166. The highest BCUT2D eigenvalue weighted by Crippen LogP contribution is 2.31. The van der Waals surface area contributed by atoms with E-state index in [2.05, 4.69) is 10.3 Å². The maximum atomic E-state index is 13.8. The lowest BCUT2D eigenvalue weighted by Gasteiger charge is -2.31. The number of nitrogens with one attached hydrogen (secondary N) is 3. The number of methoxy groups -OCH3 is 1. The molecule has 1 heterocycles. The van der Waals surface area contributed by atoms with E-state index in [1.54, 1.807) is 18.2 Å². The van der Waals surface area contributed by atoms with Crippen LogP contribution in [0.4, 0.5) is 10.1 Å². The number of nitrogens with zero attached hydrogens (tertiary/aromatic N) is 1. The molecule has 9 nitrogen and oxygen atoms in total. The molecule has 3 N–H and O–H groups in total. The number of H-pyrrole nitrogens is 2. The maximum Gasteiger partial charge on any atom is 0.326 e. The fourth-order valence-corrected chi connectivity index (χ4v) is 3.80. The summed E-state index contributed by atoms with van der Waals surface area (Å²) in [6, 6.07) is 20.3. The molecule has 0 saturated heterocycles. The lowest BCUT2D eigenvalue weighted by Crippen LogP contribution is -2.45. The first-order chi connectivity index (χ1) is 17.9. The molecular formula is C27H23FN4O5. The summed E-state index contributed by atoms with van der Waals surface area (Å²) in [5, 5.41) is 2.82. The molecule has 3 aromatic carbocycles. The third-order valence-electron chi connectivity index (χ3n) is 5.54. The van der Waals surface area contributed by atoms with Crippen LogP contribution in [0, 0.1) is 5.82 Å². The van der Waals surface area contributed by atoms with Crippen molar-refractivity contribution in [1.29, 1.82) is 0 Å². The number of benzene rings is 3. The topological polar surface area (TPSA) is 124 Å². The van der Waals surface area contributed by atoms with Gasteiger partial charge in [-0.2, -0.15) is 0 Å². The number of anilines is 1. The van der Waals surface area contributed by atoms with Crippen molar-refractivity contribution in [3.8, 4) is 5.75 Å². The highest BCUT2D eigenvalue weighted by Gasteiger charge is 2.34. The number of carbonyl (C=O) groups excluding carboxylic acids is 2. The summed E-state index contributed by atoms with van der Waals surface area (Å²) in [7, 11) is 1.45. The number of hydrogen-bond acceptors (Lipinski definition) is 5. The summed E-state index contributed by atoms with van der Waals surface area (Å²) >= 11 is 0. The Labute approximate surface area is 210 Å².